The lowest BCUT2D eigenvalue weighted by atomic mass is 9.96. The van der Waals surface area contributed by atoms with Crippen LogP contribution in [0.15, 0.2) is 64.5 Å². The van der Waals surface area contributed by atoms with Gasteiger partial charge in [0.15, 0.2) is 11.5 Å². The van der Waals surface area contributed by atoms with Crippen LogP contribution < -0.4 is 20.1 Å². The first-order valence-corrected chi connectivity index (χ1v) is 16.8. The highest BCUT2D eigenvalue weighted by atomic mass is 32.2. The lowest BCUT2D eigenvalue weighted by Crippen LogP contribution is -2.26. The second-order valence-corrected chi connectivity index (χ2v) is 13.6. The fourth-order valence-corrected chi connectivity index (χ4v) is 7.20. The standard InChI is InChI=1S/C27H34N8O6S2/c28-27-32-25(24-18-29-35(26(24)33-27)21-4-2-1-3-5-21)34(19-6-10-22(11-7-19)42(38,39)30-14-16-36)20-8-12-23(13-9-20)43(40,41)31-15-17-37/h6-13,18,21,30-31,36-37H,1-5,14-17H2,(H2,28,32,33). The lowest BCUT2D eigenvalue weighted by molar-refractivity contribution is 0.300. The first kappa shape index (κ1) is 30.8. The van der Waals surface area contributed by atoms with Crippen LogP contribution in [0, 0.1) is 0 Å². The van der Waals surface area contributed by atoms with E-state index in [9.17, 15) is 16.8 Å². The van der Waals surface area contributed by atoms with E-state index in [4.69, 9.17) is 15.9 Å². The largest absolute Gasteiger partial charge is 0.395 e. The number of benzene rings is 2. The summed E-state index contributed by atoms with van der Waals surface area (Å²) in [4.78, 5) is 10.8. The summed E-state index contributed by atoms with van der Waals surface area (Å²) in [7, 11) is -7.71. The van der Waals surface area contributed by atoms with Gasteiger partial charge in [0.1, 0.15) is 0 Å². The smallest absolute Gasteiger partial charge is 0.240 e. The molecule has 0 saturated heterocycles. The zero-order chi connectivity index (χ0) is 30.6. The Balaban J connectivity index is 1.62. The van der Waals surface area contributed by atoms with Crippen LogP contribution in [0.3, 0.4) is 0 Å². The number of hydrogen-bond donors (Lipinski definition) is 5. The molecule has 6 N–H and O–H groups in total. The highest BCUT2D eigenvalue weighted by molar-refractivity contribution is 7.89. The fraction of sp³-hybridized carbons (Fsp3) is 0.370. The Labute approximate surface area is 249 Å². The van der Waals surface area contributed by atoms with Crippen LogP contribution >= 0.6 is 0 Å². The Morgan fingerprint density at radius 3 is 1.81 bits per heavy atom. The first-order valence-electron chi connectivity index (χ1n) is 13.9. The molecular weight excluding hydrogens is 596 g/mol. The molecule has 0 amide bonds. The van der Waals surface area contributed by atoms with E-state index in [1.807, 2.05) is 4.68 Å². The van der Waals surface area contributed by atoms with Crippen LogP contribution in [0.1, 0.15) is 38.1 Å². The van der Waals surface area contributed by atoms with Crippen molar-refractivity contribution < 1.29 is 27.0 Å². The molecule has 43 heavy (non-hydrogen) atoms. The number of rotatable bonds is 12. The number of aliphatic hydroxyl groups excluding tert-OH is 2. The van der Waals surface area contributed by atoms with Crippen LogP contribution in [-0.2, 0) is 20.0 Å². The minimum atomic E-state index is -3.85. The van der Waals surface area contributed by atoms with Crippen molar-refractivity contribution in [2.45, 2.75) is 47.9 Å². The van der Waals surface area contributed by atoms with Crippen molar-refractivity contribution in [2.24, 2.45) is 0 Å². The Bertz CT molecular complexity index is 1690. The molecule has 14 nitrogen and oxygen atoms in total. The monoisotopic (exact) mass is 630 g/mol. The number of nitrogens with two attached hydrogens (primary N) is 1. The highest BCUT2D eigenvalue weighted by Crippen LogP contribution is 2.39. The van der Waals surface area contributed by atoms with E-state index in [0.29, 0.717) is 28.2 Å². The van der Waals surface area contributed by atoms with Crippen molar-refractivity contribution in [2.75, 3.05) is 36.9 Å². The predicted molar refractivity (Wildman–Crippen MR) is 161 cm³/mol. The Kier molecular flexibility index (Phi) is 9.24. The summed E-state index contributed by atoms with van der Waals surface area (Å²) in [6, 6.07) is 12.2. The maximum atomic E-state index is 12.6. The van der Waals surface area contributed by atoms with Gasteiger partial charge in [-0.1, -0.05) is 19.3 Å². The third-order valence-corrected chi connectivity index (χ3v) is 10.2. The van der Waals surface area contributed by atoms with Gasteiger partial charge < -0.3 is 15.9 Å². The molecule has 1 saturated carbocycles. The van der Waals surface area contributed by atoms with Gasteiger partial charge in [-0.25, -0.2) is 31.0 Å². The molecule has 2 aromatic heterocycles. The molecule has 0 atom stereocenters. The van der Waals surface area contributed by atoms with E-state index >= 15 is 0 Å². The number of aliphatic hydroxyl groups is 2. The van der Waals surface area contributed by atoms with Crippen LogP contribution in [0.25, 0.3) is 11.0 Å². The fourth-order valence-electron chi connectivity index (χ4n) is 5.16. The summed E-state index contributed by atoms with van der Waals surface area (Å²) in [6.07, 6.45) is 6.99. The number of hydrogen-bond acceptors (Lipinski definition) is 11. The average Bonchev–Trinajstić information content (AvgIpc) is 3.44. The molecule has 2 heterocycles. The third-order valence-electron chi connectivity index (χ3n) is 7.20. The van der Waals surface area contributed by atoms with E-state index in [2.05, 4.69) is 24.5 Å². The zero-order valence-electron chi connectivity index (χ0n) is 23.3. The topological polar surface area (TPSA) is 206 Å². The second-order valence-electron chi connectivity index (χ2n) is 10.1. The number of aromatic nitrogens is 4. The second kappa shape index (κ2) is 12.9. The van der Waals surface area contributed by atoms with Gasteiger partial charge in [-0.05, 0) is 61.4 Å². The molecule has 2 aromatic carbocycles. The van der Waals surface area contributed by atoms with Crippen LogP contribution in [0.4, 0.5) is 23.1 Å². The van der Waals surface area contributed by atoms with E-state index in [-0.39, 0.29) is 48.1 Å². The summed E-state index contributed by atoms with van der Waals surface area (Å²) < 4.78 is 57.0. The van der Waals surface area contributed by atoms with E-state index in [0.717, 1.165) is 25.7 Å². The van der Waals surface area contributed by atoms with E-state index in [1.54, 1.807) is 35.4 Å². The number of sulfonamides is 2. The Morgan fingerprint density at radius 2 is 1.33 bits per heavy atom. The molecule has 0 bridgehead atoms. The van der Waals surface area contributed by atoms with Gasteiger partial charge in [0, 0.05) is 24.5 Å². The summed E-state index contributed by atoms with van der Waals surface area (Å²) >= 11 is 0. The molecule has 5 rings (SSSR count). The average molecular weight is 631 g/mol. The number of nitrogen functional groups attached to an aromatic ring is 1. The zero-order valence-corrected chi connectivity index (χ0v) is 24.9. The summed E-state index contributed by atoms with van der Waals surface area (Å²) in [5.41, 5.74) is 7.82. The van der Waals surface area contributed by atoms with E-state index in [1.165, 1.54) is 30.7 Å². The predicted octanol–water partition coefficient (Wildman–Crippen LogP) is 1.92. The van der Waals surface area contributed by atoms with Crippen molar-refractivity contribution in [3.63, 3.8) is 0 Å². The Hall–Kier alpha value is -3.67. The van der Waals surface area contributed by atoms with E-state index < -0.39 is 20.0 Å². The number of anilines is 4. The third kappa shape index (κ3) is 6.63. The molecule has 1 aliphatic rings. The van der Waals surface area contributed by atoms with Gasteiger partial charge in [0.2, 0.25) is 26.0 Å². The number of nitrogens with zero attached hydrogens (tertiary/aromatic N) is 5. The number of fused-ring (bicyclic) bond motifs is 1. The normalized spacial score (nSPS) is 14.7. The van der Waals surface area contributed by atoms with Crippen molar-refractivity contribution in [1.82, 2.24) is 29.2 Å². The first-order chi connectivity index (χ1) is 20.6. The lowest BCUT2D eigenvalue weighted by Gasteiger charge is -2.26. The van der Waals surface area contributed by atoms with Crippen molar-refractivity contribution in [3.8, 4) is 0 Å². The molecule has 0 aliphatic heterocycles. The maximum Gasteiger partial charge on any atom is 0.240 e. The van der Waals surface area contributed by atoms with Gasteiger partial charge in [0.05, 0.1) is 40.6 Å². The molecule has 0 radical (unpaired) electrons. The van der Waals surface area contributed by atoms with Gasteiger partial charge in [-0.15, -0.1) is 0 Å². The number of nitrogens with one attached hydrogen (secondary N) is 2. The van der Waals surface area contributed by atoms with Crippen molar-refractivity contribution >= 4 is 54.2 Å². The molecule has 1 aliphatic carbocycles. The van der Waals surface area contributed by atoms with Crippen molar-refractivity contribution in [3.05, 3.63) is 54.7 Å². The van der Waals surface area contributed by atoms with Gasteiger partial charge >= 0.3 is 0 Å². The molecule has 0 unspecified atom stereocenters. The summed E-state index contributed by atoms with van der Waals surface area (Å²) in [5.74, 6) is 0.400. The minimum absolute atomic E-state index is 0.00137. The Morgan fingerprint density at radius 1 is 0.814 bits per heavy atom. The molecule has 1 fully saturated rings. The quantitative estimate of drug-likeness (QED) is 0.153. The molecular formula is C27H34N8O6S2. The maximum absolute atomic E-state index is 12.6. The molecule has 230 valence electrons. The molecule has 16 heteroatoms. The van der Waals surface area contributed by atoms with Crippen molar-refractivity contribution in [1.29, 1.82) is 0 Å². The summed E-state index contributed by atoms with van der Waals surface area (Å²) in [5, 5.41) is 23.3. The minimum Gasteiger partial charge on any atom is -0.395 e. The van der Waals surface area contributed by atoms with Gasteiger partial charge in [-0.3, -0.25) is 4.90 Å². The summed E-state index contributed by atoms with van der Waals surface area (Å²) in [6.45, 7) is -0.929. The molecule has 4 aromatic rings. The van der Waals surface area contributed by atoms with Crippen LogP contribution in [-0.4, -0.2) is 73.1 Å². The van der Waals surface area contributed by atoms with Crippen LogP contribution in [0.2, 0.25) is 0 Å². The molecule has 0 spiro atoms. The van der Waals surface area contributed by atoms with Gasteiger partial charge in [-0.2, -0.15) is 15.1 Å². The highest BCUT2D eigenvalue weighted by Gasteiger charge is 2.25. The van der Waals surface area contributed by atoms with Gasteiger partial charge in [0.25, 0.3) is 0 Å². The van der Waals surface area contributed by atoms with Crippen LogP contribution in [0.5, 0.6) is 0 Å². The SMILES string of the molecule is Nc1nc(N(c2ccc(S(=O)(=O)NCCO)cc2)c2ccc(S(=O)(=O)NCCO)cc2)c2cnn(C3CCCCC3)c2n1.